The quantitative estimate of drug-likeness (QED) is 0.386. The van der Waals surface area contributed by atoms with Gasteiger partial charge in [-0.15, -0.1) is 0 Å². The van der Waals surface area contributed by atoms with Gasteiger partial charge in [0, 0.05) is 18.6 Å². The van der Waals surface area contributed by atoms with Crippen molar-refractivity contribution in [1.82, 2.24) is 0 Å². The standard InChI is InChI=1S/C16H13Br2NO6/c1-24-16(21)14(20)8-9-6-12(17)15(13(18)7-9)25-11-4-2-10(3-5-11)19(22)23/h2-7,14,20H,8H2,1H3. The van der Waals surface area contributed by atoms with Gasteiger partial charge in [0.2, 0.25) is 0 Å². The summed E-state index contributed by atoms with van der Waals surface area (Å²) >= 11 is 6.75. The summed E-state index contributed by atoms with van der Waals surface area (Å²) in [4.78, 5) is 21.5. The maximum atomic E-state index is 11.3. The van der Waals surface area contributed by atoms with E-state index in [0.717, 1.165) is 0 Å². The van der Waals surface area contributed by atoms with Crippen LogP contribution < -0.4 is 4.74 Å². The summed E-state index contributed by atoms with van der Waals surface area (Å²) in [6.45, 7) is 0. The Balaban J connectivity index is 2.19. The molecule has 25 heavy (non-hydrogen) atoms. The van der Waals surface area contributed by atoms with E-state index < -0.39 is 17.0 Å². The highest BCUT2D eigenvalue weighted by Crippen LogP contribution is 2.38. The number of methoxy groups -OCH3 is 1. The highest BCUT2D eigenvalue weighted by atomic mass is 79.9. The molecule has 1 unspecified atom stereocenters. The van der Waals surface area contributed by atoms with Crippen LogP contribution in [0.1, 0.15) is 5.56 Å². The fourth-order valence-electron chi connectivity index (χ4n) is 2.02. The van der Waals surface area contributed by atoms with E-state index in [-0.39, 0.29) is 12.1 Å². The SMILES string of the molecule is COC(=O)C(O)Cc1cc(Br)c(Oc2ccc([N+](=O)[O-])cc2)c(Br)c1. The number of carbonyl (C=O) groups excluding carboxylic acids is 1. The number of rotatable bonds is 6. The zero-order chi connectivity index (χ0) is 18.6. The van der Waals surface area contributed by atoms with Crippen molar-refractivity contribution in [3.05, 3.63) is 61.0 Å². The normalized spacial score (nSPS) is 11.7. The van der Waals surface area contributed by atoms with E-state index >= 15 is 0 Å². The van der Waals surface area contributed by atoms with E-state index in [1.807, 2.05) is 0 Å². The van der Waals surface area contributed by atoms with Gasteiger partial charge in [-0.1, -0.05) is 0 Å². The molecule has 0 spiro atoms. The van der Waals surface area contributed by atoms with Crippen LogP contribution in [0.2, 0.25) is 0 Å². The lowest BCUT2D eigenvalue weighted by atomic mass is 10.1. The average Bonchev–Trinajstić information content (AvgIpc) is 2.57. The largest absolute Gasteiger partial charge is 0.467 e. The van der Waals surface area contributed by atoms with Crippen LogP contribution in [0, 0.1) is 10.1 Å². The molecule has 0 heterocycles. The van der Waals surface area contributed by atoms with Crippen molar-refractivity contribution in [2.24, 2.45) is 0 Å². The number of benzene rings is 2. The summed E-state index contributed by atoms with van der Waals surface area (Å²) in [5.41, 5.74) is 0.658. The van der Waals surface area contributed by atoms with Crippen molar-refractivity contribution in [2.75, 3.05) is 7.11 Å². The van der Waals surface area contributed by atoms with E-state index in [1.165, 1.54) is 31.4 Å². The lowest BCUT2D eigenvalue weighted by Gasteiger charge is -2.13. The van der Waals surface area contributed by atoms with Crippen molar-refractivity contribution in [2.45, 2.75) is 12.5 Å². The fourth-order valence-corrected chi connectivity index (χ4v) is 3.47. The molecule has 0 amide bonds. The molecule has 0 bridgehead atoms. The molecule has 7 nitrogen and oxygen atoms in total. The van der Waals surface area contributed by atoms with Crippen LogP contribution in [0.15, 0.2) is 45.3 Å². The zero-order valence-electron chi connectivity index (χ0n) is 12.9. The second-order valence-electron chi connectivity index (χ2n) is 4.98. The smallest absolute Gasteiger partial charge is 0.335 e. The average molecular weight is 475 g/mol. The predicted molar refractivity (Wildman–Crippen MR) is 96.7 cm³/mol. The Morgan fingerprint density at radius 1 is 1.24 bits per heavy atom. The number of hydrogen-bond acceptors (Lipinski definition) is 6. The molecular formula is C16H13Br2NO6. The Morgan fingerprint density at radius 3 is 2.28 bits per heavy atom. The molecule has 0 aromatic heterocycles. The summed E-state index contributed by atoms with van der Waals surface area (Å²) in [5, 5.41) is 20.4. The summed E-state index contributed by atoms with van der Waals surface area (Å²) in [5.74, 6) is 0.179. The van der Waals surface area contributed by atoms with Crippen LogP contribution in [-0.2, 0) is 16.0 Å². The van der Waals surface area contributed by atoms with Gasteiger partial charge in [0.05, 0.1) is 21.0 Å². The number of nitro groups is 1. The molecule has 0 radical (unpaired) electrons. The highest BCUT2D eigenvalue weighted by molar-refractivity contribution is 9.11. The van der Waals surface area contributed by atoms with Crippen molar-refractivity contribution < 1.29 is 24.3 Å². The number of aliphatic hydroxyl groups is 1. The maximum absolute atomic E-state index is 11.3. The number of hydrogen-bond donors (Lipinski definition) is 1. The highest BCUT2D eigenvalue weighted by Gasteiger charge is 2.18. The minimum absolute atomic E-state index is 0.0300. The fraction of sp³-hybridized carbons (Fsp3) is 0.188. The van der Waals surface area contributed by atoms with Gasteiger partial charge in [0.1, 0.15) is 5.75 Å². The van der Waals surface area contributed by atoms with Crippen LogP contribution in [0.5, 0.6) is 11.5 Å². The van der Waals surface area contributed by atoms with Crippen LogP contribution in [0.25, 0.3) is 0 Å². The second-order valence-corrected chi connectivity index (χ2v) is 6.69. The summed E-state index contributed by atoms with van der Waals surface area (Å²) in [7, 11) is 1.21. The van der Waals surface area contributed by atoms with Gasteiger partial charge >= 0.3 is 5.97 Å². The third kappa shape index (κ3) is 5.00. The van der Waals surface area contributed by atoms with Gasteiger partial charge in [-0.2, -0.15) is 0 Å². The minimum atomic E-state index is -1.26. The van der Waals surface area contributed by atoms with E-state index in [4.69, 9.17) is 4.74 Å². The van der Waals surface area contributed by atoms with Crippen LogP contribution in [-0.4, -0.2) is 29.2 Å². The van der Waals surface area contributed by atoms with Gasteiger partial charge in [0.25, 0.3) is 5.69 Å². The van der Waals surface area contributed by atoms with E-state index in [9.17, 15) is 20.0 Å². The van der Waals surface area contributed by atoms with Crippen molar-refractivity contribution >= 4 is 43.5 Å². The molecule has 9 heteroatoms. The number of ether oxygens (including phenoxy) is 2. The van der Waals surface area contributed by atoms with Crippen LogP contribution >= 0.6 is 31.9 Å². The lowest BCUT2D eigenvalue weighted by Crippen LogP contribution is -2.24. The molecule has 2 aromatic carbocycles. The number of carbonyl (C=O) groups is 1. The molecule has 0 aliphatic rings. The molecule has 0 fully saturated rings. The van der Waals surface area contributed by atoms with Gasteiger partial charge < -0.3 is 14.6 Å². The van der Waals surface area contributed by atoms with Crippen LogP contribution in [0.4, 0.5) is 5.69 Å². The van der Waals surface area contributed by atoms with E-state index in [0.29, 0.717) is 26.0 Å². The zero-order valence-corrected chi connectivity index (χ0v) is 16.1. The molecular weight excluding hydrogens is 462 g/mol. The number of non-ortho nitro benzene ring substituents is 1. The first-order valence-corrected chi connectivity index (χ1v) is 8.56. The molecule has 2 rings (SSSR count). The van der Waals surface area contributed by atoms with Gasteiger partial charge in [-0.05, 0) is 61.7 Å². The number of aliphatic hydroxyl groups excluding tert-OH is 1. The van der Waals surface area contributed by atoms with Gasteiger partial charge in [0.15, 0.2) is 11.9 Å². The number of nitrogens with zero attached hydrogens (tertiary/aromatic N) is 1. The molecule has 0 saturated heterocycles. The lowest BCUT2D eigenvalue weighted by molar-refractivity contribution is -0.384. The molecule has 132 valence electrons. The Morgan fingerprint density at radius 2 is 1.80 bits per heavy atom. The second kappa shape index (κ2) is 8.41. The minimum Gasteiger partial charge on any atom is -0.467 e. The van der Waals surface area contributed by atoms with Crippen molar-refractivity contribution in [3.8, 4) is 11.5 Å². The molecule has 2 aromatic rings. The number of esters is 1. The third-order valence-electron chi connectivity index (χ3n) is 3.23. The first kappa shape index (κ1) is 19.4. The van der Waals surface area contributed by atoms with E-state index in [2.05, 4.69) is 36.6 Å². The Hall–Kier alpha value is -1.97. The number of nitro benzene ring substituents is 1. The Bertz CT molecular complexity index is 771. The van der Waals surface area contributed by atoms with E-state index in [1.54, 1.807) is 12.1 Å². The molecule has 0 aliphatic carbocycles. The topological polar surface area (TPSA) is 98.9 Å². The molecule has 0 saturated carbocycles. The Kier molecular flexibility index (Phi) is 6.51. The summed E-state index contributed by atoms with van der Waals surface area (Å²) < 4.78 is 11.4. The molecule has 0 aliphatic heterocycles. The first-order valence-electron chi connectivity index (χ1n) is 6.98. The monoisotopic (exact) mass is 473 g/mol. The summed E-state index contributed by atoms with van der Waals surface area (Å²) in [6, 6.07) is 9.09. The molecule has 1 N–H and O–H groups in total. The molecule has 1 atom stereocenters. The summed E-state index contributed by atoms with van der Waals surface area (Å²) in [6.07, 6.45) is -1.17. The van der Waals surface area contributed by atoms with Crippen LogP contribution in [0.3, 0.4) is 0 Å². The van der Waals surface area contributed by atoms with Crippen molar-refractivity contribution in [3.63, 3.8) is 0 Å². The Labute approximate surface area is 160 Å². The van der Waals surface area contributed by atoms with Crippen molar-refractivity contribution in [1.29, 1.82) is 0 Å². The third-order valence-corrected chi connectivity index (χ3v) is 4.41. The van der Waals surface area contributed by atoms with Gasteiger partial charge in [-0.3, -0.25) is 10.1 Å². The number of halogens is 2. The van der Waals surface area contributed by atoms with Gasteiger partial charge in [-0.25, -0.2) is 4.79 Å². The predicted octanol–water partition coefficient (Wildman–Crippen LogP) is 3.99. The first-order chi connectivity index (χ1) is 11.8. The maximum Gasteiger partial charge on any atom is 0.335 e.